The average molecular weight is 831 g/mol. The van der Waals surface area contributed by atoms with Crippen molar-refractivity contribution in [2.24, 2.45) is 5.41 Å². The molecule has 2 rings (SSSR count). The highest BCUT2D eigenvalue weighted by Crippen LogP contribution is 2.57. The highest BCUT2D eigenvalue weighted by atomic mass is 31.2. The van der Waals surface area contributed by atoms with Gasteiger partial charge in [-0.1, -0.05) is 109 Å². The van der Waals surface area contributed by atoms with E-state index in [1.165, 1.54) is 0 Å². The predicted octanol–water partition coefficient (Wildman–Crippen LogP) is 5.88. The summed E-state index contributed by atoms with van der Waals surface area (Å²) in [6.07, 6.45) is 0.385. The summed E-state index contributed by atoms with van der Waals surface area (Å²) >= 11 is 0. The lowest BCUT2D eigenvalue weighted by molar-refractivity contribution is -0.139. The number of benzene rings is 2. The van der Waals surface area contributed by atoms with Crippen molar-refractivity contribution < 1.29 is 64.1 Å². The summed E-state index contributed by atoms with van der Waals surface area (Å²) in [5.74, 6) is -2.09. The van der Waals surface area contributed by atoms with Gasteiger partial charge < -0.3 is 50.2 Å². The van der Waals surface area contributed by atoms with E-state index in [2.05, 4.69) is 4.31 Å². The van der Waals surface area contributed by atoms with E-state index < -0.39 is 81.6 Å². The summed E-state index contributed by atoms with van der Waals surface area (Å²) < 4.78 is 3.60. The number of carboxylic acid groups (broad SMARTS) is 2. The molecule has 0 saturated heterocycles. The van der Waals surface area contributed by atoms with E-state index >= 15 is 0 Å². The first-order valence-corrected chi connectivity index (χ1v) is 21.0. The number of aliphatic carboxylic acids is 2. The largest absolute Gasteiger partial charge is 0.481 e. The molecule has 0 saturated carbocycles. The Morgan fingerprint density at radius 1 is 0.554 bits per heavy atom. The van der Waals surface area contributed by atoms with Gasteiger partial charge >= 0.3 is 29.1 Å². The van der Waals surface area contributed by atoms with Gasteiger partial charge in [-0.3, -0.25) is 9.59 Å². The molecule has 0 spiro atoms. The molecule has 15 heteroatoms. The van der Waals surface area contributed by atoms with Crippen molar-refractivity contribution in [2.75, 3.05) is 19.8 Å². The smallest absolute Gasteiger partial charge is 0.334 e. The molecule has 56 heavy (non-hydrogen) atoms. The maximum atomic E-state index is 14.3. The number of carboxylic acids is 2. The fourth-order valence-corrected chi connectivity index (χ4v) is 8.22. The van der Waals surface area contributed by atoms with E-state index in [0.29, 0.717) is 57.3 Å². The molecule has 0 radical (unpaired) electrons. The molecule has 0 aliphatic rings. The molecular weight excluding hydrogens is 762 g/mol. The lowest BCUT2D eigenvalue weighted by Gasteiger charge is -2.52. The Kier molecular flexibility index (Phi) is 17.9. The van der Waals surface area contributed by atoms with Crippen molar-refractivity contribution in [3.05, 3.63) is 67.8 Å². The summed E-state index contributed by atoms with van der Waals surface area (Å²) in [7, 11) is -5.22. The zero-order valence-electron chi connectivity index (χ0n) is 35.7. The lowest BCUT2D eigenvalue weighted by atomic mass is 9.55. The van der Waals surface area contributed by atoms with Gasteiger partial charge in [-0.25, -0.2) is 4.31 Å². The fraction of sp³-hybridized carbons (Fsp3) is 0.659. The van der Waals surface area contributed by atoms with Gasteiger partial charge in [-0.15, -0.1) is 0 Å². The summed E-state index contributed by atoms with van der Waals surface area (Å²) in [6, 6.07) is 3.88. The molecule has 0 bridgehead atoms. The lowest BCUT2D eigenvalue weighted by Crippen LogP contribution is -2.57. The van der Waals surface area contributed by atoms with Crippen LogP contribution in [-0.2, 0) is 66.8 Å². The van der Waals surface area contributed by atoms with Crippen LogP contribution in [-0.4, -0.2) is 82.0 Å². The van der Waals surface area contributed by atoms with Crippen LogP contribution in [0.25, 0.3) is 0 Å². The minimum atomic E-state index is -2.61. The van der Waals surface area contributed by atoms with Crippen LogP contribution in [0.1, 0.15) is 153 Å². The maximum absolute atomic E-state index is 14.3. The zero-order chi connectivity index (χ0) is 44.2. The number of rotatable bonds is 14. The van der Waals surface area contributed by atoms with Crippen molar-refractivity contribution in [1.29, 1.82) is 0 Å². The van der Waals surface area contributed by atoms with Crippen LogP contribution >= 0.6 is 17.2 Å². The minimum Gasteiger partial charge on any atom is -0.481 e. The summed E-state index contributed by atoms with van der Waals surface area (Å²) in [5, 5.41) is 68.9. The third-order valence-corrected chi connectivity index (χ3v) is 11.3. The van der Waals surface area contributed by atoms with E-state index in [0.717, 1.165) is 11.1 Å². The predicted molar refractivity (Wildman–Crippen MR) is 220 cm³/mol. The van der Waals surface area contributed by atoms with Gasteiger partial charge in [0, 0.05) is 0 Å². The Labute approximate surface area is 335 Å². The van der Waals surface area contributed by atoms with Gasteiger partial charge in [0.1, 0.15) is 5.60 Å². The average Bonchev–Trinajstić information content (AvgIpc) is 3.01. The SMILES string of the molecule is CCc1cc(C(C)(C)C)c(C(O)(c2c(C(C)(C)C)cc(CC)c(CC(=O)O)c2C(C)(C)C)C(CO)(CO)CO)c(C(C)(C)C)c1CC(=O)O.OP(O)OP(O)O. The number of hydrogen-bond donors (Lipinski definition) is 10. The molecule has 0 atom stereocenters. The molecular formula is C41H68O13P2. The fourth-order valence-electron chi connectivity index (χ4n) is 7.70. The molecule has 10 N–H and O–H groups in total. The van der Waals surface area contributed by atoms with E-state index in [1.54, 1.807) is 0 Å². The highest BCUT2D eigenvalue weighted by Gasteiger charge is 2.58. The van der Waals surface area contributed by atoms with Gasteiger partial charge in [0.2, 0.25) is 0 Å². The minimum absolute atomic E-state index is 0.328. The van der Waals surface area contributed by atoms with Crippen LogP contribution in [0.4, 0.5) is 0 Å². The van der Waals surface area contributed by atoms with Crippen molar-refractivity contribution in [3.63, 3.8) is 0 Å². The molecule has 0 amide bonds. The number of aryl methyl sites for hydroxylation is 2. The number of carbonyl (C=O) groups is 2. The topological polar surface area (TPSA) is 246 Å². The highest BCUT2D eigenvalue weighted by molar-refractivity contribution is 7.53. The molecule has 0 aromatic heterocycles. The van der Waals surface area contributed by atoms with Gasteiger partial charge in [0.25, 0.3) is 0 Å². The van der Waals surface area contributed by atoms with Crippen LogP contribution in [0.3, 0.4) is 0 Å². The third-order valence-electron chi connectivity index (χ3n) is 10.1. The molecule has 2 aromatic carbocycles. The van der Waals surface area contributed by atoms with Crippen LogP contribution < -0.4 is 0 Å². The molecule has 320 valence electrons. The first-order chi connectivity index (χ1) is 25.3. The molecule has 0 aliphatic carbocycles. The Hall–Kier alpha value is -2.12. The van der Waals surface area contributed by atoms with Crippen molar-refractivity contribution in [3.8, 4) is 0 Å². The first kappa shape index (κ1) is 51.9. The Bertz CT molecular complexity index is 1550. The molecule has 0 unspecified atom stereocenters. The summed E-state index contributed by atoms with van der Waals surface area (Å²) in [6.45, 7) is 25.1. The van der Waals surface area contributed by atoms with Gasteiger partial charge in [-0.05, 0) is 90.1 Å². The Morgan fingerprint density at radius 2 is 0.839 bits per heavy atom. The second-order valence-corrected chi connectivity index (χ2v) is 20.2. The molecule has 2 aromatic rings. The van der Waals surface area contributed by atoms with Gasteiger partial charge in [0.05, 0.1) is 38.1 Å². The van der Waals surface area contributed by atoms with E-state index in [1.807, 2.05) is 109 Å². The first-order valence-electron chi connectivity index (χ1n) is 18.7. The van der Waals surface area contributed by atoms with E-state index in [9.17, 15) is 40.2 Å². The van der Waals surface area contributed by atoms with Crippen LogP contribution in [0, 0.1) is 5.41 Å². The van der Waals surface area contributed by atoms with Gasteiger partial charge in [-0.2, -0.15) is 0 Å². The molecule has 0 heterocycles. The van der Waals surface area contributed by atoms with E-state index in [-0.39, 0.29) is 12.8 Å². The molecule has 0 aliphatic heterocycles. The number of aliphatic hydroxyl groups is 4. The number of aliphatic hydroxyl groups excluding tert-OH is 3. The quantitative estimate of drug-likeness (QED) is 0.100. The van der Waals surface area contributed by atoms with Gasteiger partial charge in [0.15, 0.2) is 0 Å². The Balaban J connectivity index is 0.00000203. The second kappa shape index (κ2) is 19.3. The van der Waals surface area contributed by atoms with Crippen molar-refractivity contribution >= 4 is 29.1 Å². The zero-order valence-corrected chi connectivity index (χ0v) is 37.5. The third kappa shape index (κ3) is 11.5. The monoisotopic (exact) mass is 830 g/mol. The summed E-state index contributed by atoms with van der Waals surface area (Å²) in [5.41, 5.74) is -1.35. The molecule has 0 fully saturated rings. The standard InChI is InChI=1S/C41H64O8.H4O5P2/c1-15-24-17-28(36(3,4)5)34(32(38(9,10)11)26(24)19-30(45)46)41(49,40(21-42,22-43)23-44)35-29(37(6,7)8)18-25(16-2)27(20-31(47)48)33(35)39(12,13)14;1-6(2)5-7(3)4/h17-18,42-44,49H,15-16,19-23H2,1-14H3,(H,45,46)(H,47,48);1-4H. The second-order valence-electron chi connectivity index (χ2n) is 18.5. The van der Waals surface area contributed by atoms with Crippen molar-refractivity contribution in [2.45, 2.75) is 150 Å². The number of hydrogen-bond acceptors (Lipinski definition) is 11. The van der Waals surface area contributed by atoms with Crippen LogP contribution in [0.15, 0.2) is 12.1 Å². The molecule has 13 nitrogen and oxygen atoms in total. The van der Waals surface area contributed by atoms with Crippen molar-refractivity contribution in [1.82, 2.24) is 0 Å². The summed E-state index contributed by atoms with van der Waals surface area (Å²) in [4.78, 5) is 56.4. The van der Waals surface area contributed by atoms with E-state index in [4.69, 9.17) is 19.6 Å². The van der Waals surface area contributed by atoms with Crippen LogP contribution in [0.5, 0.6) is 0 Å². The maximum Gasteiger partial charge on any atom is 0.334 e. The normalized spacial score (nSPS) is 13.3. The Morgan fingerprint density at radius 3 is 1.00 bits per heavy atom. The van der Waals surface area contributed by atoms with Crippen LogP contribution in [0.2, 0.25) is 0 Å².